The molecule has 0 spiro atoms. The van der Waals surface area contributed by atoms with Crippen molar-refractivity contribution in [2.24, 2.45) is 0 Å². The largest absolute Gasteiger partial charge is 0.135 e. The van der Waals surface area contributed by atoms with E-state index in [1.165, 1.54) is 119 Å². The molecular formula is C58H36S. The summed E-state index contributed by atoms with van der Waals surface area (Å²) in [6, 6.07) is 80.6. The van der Waals surface area contributed by atoms with Crippen LogP contribution in [0.25, 0.3) is 119 Å². The molecule has 0 N–H and O–H groups in total. The molecule has 1 aromatic heterocycles. The molecule has 59 heavy (non-hydrogen) atoms. The van der Waals surface area contributed by atoms with Crippen molar-refractivity contribution in [1.29, 1.82) is 0 Å². The highest BCUT2D eigenvalue weighted by atomic mass is 32.1. The third-order valence-corrected chi connectivity index (χ3v) is 13.4. The third-order valence-electron chi connectivity index (χ3n) is 12.2. The Balaban J connectivity index is 1.09. The molecule has 0 aliphatic rings. The van der Waals surface area contributed by atoms with Crippen LogP contribution >= 0.6 is 11.3 Å². The van der Waals surface area contributed by atoms with Gasteiger partial charge in [-0.05, 0) is 117 Å². The maximum atomic E-state index is 2.44. The van der Waals surface area contributed by atoms with Crippen LogP contribution in [-0.2, 0) is 0 Å². The molecule has 0 bridgehead atoms. The lowest BCUT2D eigenvalue weighted by atomic mass is 9.84. The molecule has 12 rings (SSSR count). The van der Waals surface area contributed by atoms with E-state index in [-0.39, 0.29) is 0 Å². The molecule has 11 aromatic carbocycles. The Morgan fingerprint density at radius 2 is 0.627 bits per heavy atom. The van der Waals surface area contributed by atoms with Gasteiger partial charge in [-0.3, -0.25) is 0 Å². The average Bonchev–Trinajstić information content (AvgIpc) is 3.69. The van der Waals surface area contributed by atoms with Crippen molar-refractivity contribution in [2.45, 2.75) is 0 Å². The predicted molar refractivity (Wildman–Crippen MR) is 257 cm³/mol. The summed E-state index contributed by atoms with van der Waals surface area (Å²) >= 11 is 1.90. The molecule has 0 radical (unpaired) electrons. The monoisotopic (exact) mass is 764 g/mol. The zero-order chi connectivity index (χ0) is 38.9. The Kier molecular flexibility index (Phi) is 7.82. The molecule has 1 heteroatoms. The number of hydrogen-bond donors (Lipinski definition) is 0. The van der Waals surface area contributed by atoms with Gasteiger partial charge in [0, 0.05) is 20.2 Å². The van der Waals surface area contributed by atoms with Gasteiger partial charge in [-0.15, -0.1) is 11.3 Å². The zero-order valence-electron chi connectivity index (χ0n) is 32.2. The van der Waals surface area contributed by atoms with Crippen LogP contribution in [0.4, 0.5) is 0 Å². The van der Waals surface area contributed by atoms with Gasteiger partial charge in [-0.1, -0.05) is 200 Å². The lowest BCUT2D eigenvalue weighted by Gasteiger charge is -2.19. The highest BCUT2D eigenvalue weighted by molar-refractivity contribution is 7.26. The van der Waals surface area contributed by atoms with Crippen LogP contribution < -0.4 is 0 Å². The summed E-state index contributed by atoms with van der Waals surface area (Å²) in [5.74, 6) is 0. The summed E-state index contributed by atoms with van der Waals surface area (Å²) in [4.78, 5) is 0. The van der Waals surface area contributed by atoms with Crippen LogP contribution in [0.15, 0.2) is 218 Å². The molecule has 0 fully saturated rings. The molecule has 0 saturated carbocycles. The van der Waals surface area contributed by atoms with E-state index in [1.54, 1.807) is 0 Å². The van der Waals surface area contributed by atoms with Crippen LogP contribution in [0.5, 0.6) is 0 Å². The Hall–Kier alpha value is -7.32. The summed E-state index contributed by atoms with van der Waals surface area (Å²) in [7, 11) is 0. The number of rotatable bonds is 5. The third kappa shape index (κ3) is 5.36. The van der Waals surface area contributed by atoms with Crippen LogP contribution in [-0.4, -0.2) is 0 Å². The molecule has 0 atom stereocenters. The second-order valence-corrected chi connectivity index (χ2v) is 16.6. The fraction of sp³-hybridized carbons (Fsp3) is 0. The van der Waals surface area contributed by atoms with Crippen molar-refractivity contribution >= 4 is 74.6 Å². The molecule has 0 amide bonds. The van der Waals surface area contributed by atoms with Crippen molar-refractivity contribution in [1.82, 2.24) is 0 Å². The Labute approximate surface area is 346 Å². The number of benzene rings is 11. The molecule has 0 aliphatic carbocycles. The van der Waals surface area contributed by atoms with Crippen molar-refractivity contribution in [3.63, 3.8) is 0 Å². The van der Waals surface area contributed by atoms with E-state index in [0.717, 1.165) is 0 Å². The second-order valence-electron chi connectivity index (χ2n) is 15.5. The first-order valence-electron chi connectivity index (χ1n) is 20.3. The lowest BCUT2D eigenvalue weighted by Crippen LogP contribution is -1.91. The molecular weight excluding hydrogens is 729 g/mol. The lowest BCUT2D eigenvalue weighted by molar-refractivity contribution is 1.61. The quantitative estimate of drug-likeness (QED) is 0.153. The summed E-state index contributed by atoms with van der Waals surface area (Å²) in [6.45, 7) is 0. The van der Waals surface area contributed by atoms with Gasteiger partial charge in [0.25, 0.3) is 0 Å². The normalized spacial score (nSPS) is 11.7. The predicted octanol–water partition coefficient (Wildman–Crippen LogP) is 17.0. The van der Waals surface area contributed by atoms with Crippen LogP contribution in [0, 0.1) is 0 Å². The van der Waals surface area contributed by atoms with E-state index in [0.29, 0.717) is 0 Å². The SMILES string of the molecule is c1ccc(-c2cccc(-c3c4ccccc4c(-c4cccc5sc6cc(-c7c8ccccc8c(-c8ccccc8)c8ccccc78)ccc6c45)c4ccccc34)c2)cc1. The van der Waals surface area contributed by atoms with E-state index in [9.17, 15) is 0 Å². The zero-order valence-corrected chi connectivity index (χ0v) is 33.0. The van der Waals surface area contributed by atoms with E-state index in [1.807, 2.05) is 11.3 Å². The van der Waals surface area contributed by atoms with Gasteiger partial charge in [-0.2, -0.15) is 0 Å². The molecule has 0 unspecified atom stereocenters. The topological polar surface area (TPSA) is 0 Å². The first-order chi connectivity index (χ1) is 29.3. The Morgan fingerprint density at radius 1 is 0.220 bits per heavy atom. The van der Waals surface area contributed by atoms with Crippen LogP contribution in [0.3, 0.4) is 0 Å². The molecule has 0 nitrogen and oxygen atoms in total. The Morgan fingerprint density at radius 3 is 1.17 bits per heavy atom. The van der Waals surface area contributed by atoms with Gasteiger partial charge in [0.1, 0.15) is 0 Å². The van der Waals surface area contributed by atoms with Crippen LogP contribution in [0.1, 0.15) is 0 Å². The molecule has 12 aromatic rings. The van der Waals surface area contributed by atoms with Crippen molar-refractivity contribution in [2.75, 3.05) is 0 Å². The number of hydrogen-bond acceptors (Lipinski definition) is 1. The minimum Gasteiger partial charge on any atom is -0.135 e. The van der Waals surface area contributed by atoms with Crippen LogP contribution in [0.2, 0.25) is 0 Å². The summed E-state index contributed by atoms with van der Waals surface area (Å²) in [6.07, 6.45) is 0. The highest BCUT2D eigenvalue weighted by Crippen LogP contribution is 2.50. The van der Waals surface area contributed by atoms with E-state index in [2.05, 4.69) is 218 Å². The fourth-order valence-corrected chi connectivity index (χ4v) is 10.9. The van der Waals surface area contributed by atoms with Gasteiger partial charge >= 0.3 is 0 Å². The summed E-state index contributed by atoms with van der Waals surface area (Å²) in [5, 5.41) is 12.8. The summed E-state index contributed by atoms with van der Waals surface area (Å²) < 4.78 is 2.60. The minimum absolute atomic E-state index is 1.22. The molecule has 0 saturated heterocycles. The van der Waals surface area contributed by atoms with Gasteiger partial charge in [0.2, 0.25) is 0 Å². The van der Waals surface area contributed by atoms with E-state index >= 15 is 0 Å². The number of thiophene rings is 1. The highest BCUT2D eigenvalue weighted by Gasteiger charge is 2.21. The first-order valence-corrected chi connectivity index (χ1v) is 21.2. The fourth-order valence-electron chi connectivity index (χ4n) is 9.76. The van der Waals surface area contributed by atoms with Crippen molar-refractivity contribution in [3.05, 3.63) is 218 Å². The maximum Gasteiger partial charge on any atom is 0.0361 e. The van der Waals surface area contributed by atoms with E-state index in [4.69, 9.17) is 0 Å². The maximum absolute atomic E-state index is 2.44. The standard InChI is InChI=1S/C58H36S/c1-3-17-37(18-4-1)39-21-15-22-40(35-39)55-46-27-11-13-29-48(46)57(49-30-14-12-28-47(49)55)51-31-16-32-52-58(51)50-34-33-41(36-53(50)59-52)56-44-25-9-7-23-42(44)54(38-19-5-2-6-20-38)43-24-8-10-26-45(43)56/h1-36H. The molecule has 274 valence electrons. The number of fused-ring (bicyclic) bond motifs is 7. The van der Waals surface area contributed by atoms with Gasteiger partial charge in [0.15, 0.2) is 0 Å². The smallest absolute Gasteiger partial charge is 0.0361 e. The van der Waals surface area contributed by atoms with Gasteiger partial charge < -0.3 is 0 Å². The summed E-state index contributed by atoms with van der Waals surface area (Å²) in [5.41, 5.74) is 12.6. The Bertz CT molecular complexity index is 3480. The van der Waals surface area contributed by atoms with Gasteiger partial charge in [0.05, 0.1) is 0 Å². The van der Waals surface area contributed by atoms with Gasteiger partial charge in [-0.25, -0.2) is 0 Å². The minimum atomic E-state index is 1.22. The molecule has 1 heterocycles. The second kappa shape index (κ2) is 13.7. The van der Waals surface area contributed by atoms with E-state index < -0.39 is 0 Å². The van der Waals surface area contributed by atoms with Crippen molar-refractivity contribution in [3.8, 4) is 55.6 Å². The first kappa shape index (κ1) is 33.8. The van der Waals surface area contributed by atoms with Crippen molar-refractivity contribution < 1.29 is 0 Å². The molecule has 0 aliphatic heterocycles. The average molecular weight is 765 g/mol.